The van der Waals surface area contributed by atoms with Crippen LogP contribution in [-0.2, 0) is 48.9 Å². The number of aryl methyl sites for hydroxylation is 3. The van der Waals surface area contributed by atoms with E-state index >= 15 is 0 Å². The summed E-state index contributed by atoms with van der Waals surface area (Å²) >= 11 is 0. The van der Waals surface area contributed by atoms with Crippen molar-refractivity contribution in [3.63, 3.8) is 0 Å². The lowest BCUT2D eigenvalue weighted by atomic mass is 9.94. The lowest BCUT2D eigenvalue weighted by molar-refractivity contribution is -0.139. The van der Waals surface area contributed by atoms with E-state index in [9.17, 15) is 19.8 Å². The molecule has 0 fully saturated rings. The van der Waals surface area contributed by atoms with Crippen LogP contribution in [-0.4, -0.2) is 57.1 Å². The molecule has 3 unspecified atom stereocenters. The summed E-state index contributed by atoms with van der Waals surface area (Å²) in [6.07, 6.45) is 0.932. The Labute approximate surface area is 469 Å². The van der Waals surface area contributed by atoms with Gasteiger partial charge in [0.15, 0.2) is 0 Å². The van der Waals surface area contributed by atoms with Gasteiger partial charge < -0.3 is 40.6 Å². The summed E-state index contributed by atoms with van der Waals surface area (Å²) < 4.78 is 26.6. The van der Waals surface area contributed by atoms with Crippen molar-refractivity contribution in [2.45, 2.75) is 103 Å². The molecule has 2 heterocycles. The highest BCUT2D eigenvalue weighted by molar-refractivity contribution is 5.73. The molecular weight excluding hydrogens is 1000 g/mol. The van der Waals surface area contributed by atoms with E-state index in [-0.39, 0.29) is 31.0 Å². The van der Waals surface area contributed by atoms with E-state index in [1.807, 2.05) is 78.9 Å². The number of hydrogen-bond acceptors (Lipinski definition) is 10. The molecule has 0 spiro atoms. The number of carboxylic acids is 2. The molecule has 0 aliphatic carbocycles. The van der Waals surface area contributed by atoms with Crippen molar-refractivity contribution in [3.8, 4) is 23.0 Å². The molecule has 0 saturated heterocycles. The van der Waals surface area contributed by atoms with E-state index in [0.717, 1.165) is 95.3 Å². The predicted octanol–water partition coefficient (Wildman–Crippen LogP) is 12.1. The van der Waals surface area contributed by atoms with Crippen LogP contribution in [0, 0.1) is 20.8 Å². The predicted molar refractivity (Wildman–Crippen MR) is 311 cm³/mol. The fourth-order valence-electron chi connectivity index (χ4n) is 11.4. The van der Waals surface area contributed by atoms with Gasteiger partial charge in [-0.25, -0.2) is 0 Å². The van der Waals surface area contributed by atoms with Crippen LogP contribution in [0.5, 0.6) is 23.0 Å². The van der Waals surface area contributed by atoms with E-state index in [1.54, 1.807) is 0 Å². The van der Waals surface area contributed by atoms with Crippen molar-refractivity contribution in [2.24, 2.45) is 11.5 Å². The van der Waals surface area contributed by atoms with Crippen LogP contribution in [0.4, 0.5) is 0 Å². The molecule has 10 rings (SSSR count). The number of nitrogens with two attached hydrogens (primary N) is 2. The molecule has 410 valence electrons. The molecule has 2 aliphatic rings. The summed E-state index contributed by atoms with van der Waals surface area (Å²) in [6.45, 7) is 9.30. The zero-order valence-electron chi connectivity index (χ0n) is 45.7. The molecule has 8 aromatic carbocycles. The van der Waals surface area contributed by atoms with Gasteiger partial charge in [-0.1, -0.05) is 174 Å². The Morgan fingerprint density at radius 3 is 1.91 bits per heavy atom. The third-order valence-electron chi connectivity index (χ3n) is 15.2. The summed E-state index contributed by atoms with van der Waals surface area (Å²) in [5.74, 6) is 1.07. The first kappa shape index (κ1) is 55.1. The summed E-state index contributed by atoms with van der Waals surface area (Å²) in [5.41, 5.74) is 27.4. The van der Waals surface area contributed by atoms with Gasteiger partial charge >= 0.3 is 11.9 Å². The van der Waals surface area contributed by atoms with Crippen LogP contribution >= 0.6 is 0 Å². The van der Waals surface area contributed by atoms with Crippen molar-refractivity contribution in [1.82, 2.24) is 9.80 Å². The normalized spacial score (nSPS) is 16.4. The number of hydrogen-bond donors (Lipinski definition) is 4. The molecule has 0 amide bonds. The molecule has 80 heavy (non-hydrogen) atoms. The molecule has 8 aromatic rings. The second kappa shape index (κ2) is 25.2. The highest BCUT2D eigenvalue weighted by Crippen LogP contribution is 2.49. The molecule has 5 atom stereocenters. The number of carbonyl (C=O) groups is 2. The van der Waals surface area contributed by atoms with Crippen LogP contribution in [0.1, 0.15) is 109 Å². The minimum atomic E-state index is -1.03. The molecule has 12 heteroatoms. The summed E-state index contributed by atoms with van der Waals surface area (Å²) in [7, 11) is 0. The van der Waals surface area contributed by atoms with E-state index in [0.29, 0.717) is 52.4 Å². The first-order valence-electron chi connectivity index (χ1n) is 27.5. The van der Waals surface area contributed by atoms with Crippen molar-refractivity contribution in [3.05, 3.63) is 260 Å². The maximum Gasteiger partial charge on any atom is 0.320 e. The summed E-state index contributed by atoms with van der Waals surface area (Å²) in [6, 6.07) is 59.8. The van der Waals surface area contributed by atoms with Gasteiger partial charge in [-0.3, -0.25) is 19.4 Å². The minimum Gasteiger partial charge on any atom is -0.489 e. The fourth-order valence-corrected chi connectivity index (χ4v) is 11.4. The number of ether oxygens (including phenoxy) is 4. The van der Waals surface area contributed by atoms with Crippen LogP contribution in [0.3, 0.4) is 0 Å². The van der Waals surface area contributed by atoms with Gasteiger partial charge in [0.2, 0.25) is 0 Å². The fraction of sp³-hybridized carbons (Fsp3) is 0.265. The van der Waals surface area contributed by atoms with E-state index in [1.165, 1.54) is 5.56 Å². The van der Waals surface area contributed by atoms with Crippen LogP contribution < -0.4 is 30.4 Å². The zero-order valence-corrected chi connectivity index (χ0v) is 45.7. The maximum atomic E-state index is 12.0. The number of fused-ring (bicyclic) bond motifs is 2. The van der Waals surface area contributed by atoms with E-state index < -0.39 is 24.0 Å². The number of benzene rings is 8. The van der Waals surface area contributed by atoms with Crippen molar-refractivity contribution in [1.29, 1.82) is 0 Å². The number of nitrogens with zero attached hydrogens (tertiary/aromatic N) is 2. The van der Waals surface area contributed by atoms with Crippen LogP contribution in [0.2, 0.25) is 0 Å². The molecule has 0 radical (unpaired) electrons. The summed E-state index contributed by atoms with van der Waals surface area (Å²) in [4.78, 5) is 28.4. The number of carboxylic acid groups (broad SMARTS) is 2. The second-order valence-corrected chi connectivity index (χ2v) is 21.4. The maximum absolute atomic E-state index is 12.0. The highest BCUT2D eigenvalue weighted by atomic mass is 16.5. The Bertz CT molecular complexity index is 3470. The highest BCUT2D eigenvalue weighted by Gasteiger charge is 2.40. The number of rotatable bonds is 24. The standard InChI is InChI=1S/C68H70N4O8/c1-44-14-10-17-48(32-44)41-78-61-25-8-5-21-55(61)64-54-23-13-27-62(57(54)40-72(64)31-29-59(70)68(75)76)79-42-49-18-12-16-47(36-49)37-50-33-46(3)34-51(38-50)43-77-60-24-7-4-19-53(60)39-71(30-28-58(69)67(73)74)65-56-22-6-9-26-63(56)80-66(65)52-20-11-15-45(2)35-52/h4-27,32-36,38,58-59,64-66H,28-31,37,39-43,69-70H2,1-3H3,(H,73,74)(H,75,76)/t58-,59-,64?,65?,66?/m0/s1. The van der Waals surface area contributed by atoms with Crippen molar-refractivity contribution < 1.29 is 38.7 Å². The first-order valence-corrected chi connectivity index (χ1v) is 27.5. The van der Waals surface area contributed by atoms with Gasteiger partial charge in [0.1, 0.15) is 61.0 Å². The van der Waals surface area contributed by atoms with Gasteiger partial charge in [-0.05, 0) is 103 Å². The largest absolute Gasteiger partial charge is 0.489 e. The van der Waals surface area contributed by atoms with Crippen molar-refractivity contribution in [2.75, 3.05) is 13.1 Å². The SMILES string of the molecule is Cc1cccc(COc2ccccc2C2c3cccc(OCc4cccc(Cc5cc(C)cc(COc6ccccc6CN(CC[C@H](N)C(=O)O)C6c7ccccc7OC6c6cccc(C)c6)c5)c4)c3CN2CC[C@H](N)C(=O)O)c1. The quantitative estimate of drug-likeness (QED) is 0.0452. The molecule has 0 bridgehead atoms. The summed E-state index contributed by atoms with van der Waals surface area (Å²) in [5, 5.41) is 19.5. The van der Waals surface area contributed by atoms with Gasteiger partial charge in [0.05, 0.1) is 12.1 Å². The monoisotopic (exact) mass is 1070 g/mol. The lowest BCUT2D eigenvalue weighted by Crippen LogP contribution is -2.38. The zero-order chi connectivity index (χ0) is 55.7. The number of aliphatic carboxylic acids is 2. The Hall–Kier alpha value is -8.26. The number of para-hydroxylation sites is 3. The average molecular weight is 1070 g/mol. The van der Waals surface area contributed by atoms with Gasteiger partial charge in [0.25, 0.3) is 0 Å². The van der Waals surface area contributed by atoms with Crippen LogP contribution in [0.25, 0.3) is 0 Å². The van der Waals surface area contributed by atoms with Crippen LogP contribution in [0.15, 0.2) is 182 Å². The Morgan fingerprint density at radius 2 is 1.14 bits per heavy atom. The van der Waals surface area contributed by atoms with Gasteiger partial charge in [-0.15, -0.1) is 0 Å². The third-order valence-corrected chi connectivity index (χ3v) is 15.2. The third kappa shape index (κ3) is 13.2. The molecule has 6 N–H and O–H groups in total. The molecule has 12 nitrogen and oxygen atoms in total. The first-order chi connectivity index (χ1) is 38.8. The van der Waals surface area contributed by atoms with E-state index in [4.69, 9.17) is 30.4 Å². The molecule has 0 aromatic heterocycles. The molecular formula is C68H70N4O8. The molecule has 0 saturated carbocycles. The molecule has 2 aliphatic heterocycles. The Morgan fingerprint density at radius 1 is 0.575 bits per heavy atom. The minimum absolute atomic E-state index is 0.202. The van der Waals surface area contributed by atoms with E-state index in [2.05, 4.69) is 134 Å². The van der Waals surface area contributed by atoms with Gasteiger partial charge in [-0.2, -0.15) is 0 Å². The Kier molecular flexibility index (Phi) is 17.4. The van der Waals surface area contributed by atoms with Gasteiger partial charge in [0, 0.05) is 48.4 Å². The smallest absolute Gasteiger partial charge is 0.320 e. The average Bonchev–Trinajstić information content (AvgIpc) is 4.13. The van der Waals surface area contributed by atoms with Crippen molar-refractivity contribution >= 4 is 11.9 Å². The second-order valence-electron chi connectivity index (χ2n) is 21.4. The topological polar surface area (TPSA) is 170 Å². The lowest BCUT2D eigenvalue weighted by Gasteiger charge is -2.33. The Balaban J connectivity index is 0.833.